The summed E-state index contributed by atoms with van der Waals surface area (Å²) in [4.78, 5) is 21.9. The summed E-state index contributed by atoms with van der Waals surface area (Å²) in [5, 5.41) is 17.5. The van der Waals surface area contributed by atoms with Crippen molar-refractivity contribution < 1.29 is 48.2 Å². The number of benzene rings is 2. The summed E-state index contributed by atoms with van der Waals surface area (Å²) in [7, 11) is 0. The summed E-state index contributed by atoms with van der Waals surface area (Å²) < 4.78 is 32.1. The molecule has 10 heteroatoms. The fourth-order valence-electron chi connectivity index (χ4n) is 5.96. The van der Waals surface area contributed by atoms with Crippen LogP contribution in [0.5, 0.6) is 11.5 Å². The van der Waals surface area contributed by atoms with Crippen molar-refractivity contribution in [1.82, 2.24) is 0 Å². The second kappa shape index (κ2) is 22.8. The molecular formula is C38H52O10. The van der Waals surface area contributed by atoms with Crippen molar-refractivity contribution in [2.45, 2.75) is 75.4 Å². The topological polar surface area (TPSA) is 130 Å². The highest BCUT2D eigenvalue weighted by Crippen LogP contribution is 2.35. The Kier molecular flexibility index (Phi) is 18.4. The number of aliphatic hydroxyl groups excluding tert-OH is 2. The summed E-state index contributed by atoms with van der Waals surface area (Å²) in [5.41, 5.74) is 2.64. The summed E-state index contributed by atoms with van der Waals surface area (Å²) >= 11 is 0. The van der Waals surface area contributed by atoms with Gasteiger partial charge in [0.1, 0.15) is 37.9 Å². The Morgan fingerprint density at radius 3 is 1.38 bits per heavy atom. The highest BCUT2D eigenvalue weighted by atomic mass is 16.6. The number of hydrogen-bond acceptors (Lipinski definition) is 10. The molecule has 0 bridgehead atoms. The lowest BCUT2D eigenvalue weighted by Gasteiger charge is -2.29. The van der Waals surface area contributed by atoms with E-state index in [9.17, 15) is 9.59 Å². The lowest BCUT2D eigenvalue weighted by atomic mass is 9.83. The largest absolute Gasteiger partial charge is 0.491 e. The van der Waals surface area contributed by atoms with Gasteiger partial charge < -0.3 is 38.6 Å². The first-order valence-electron chi connectivity index (χ1n) is 16.9. The smallest absolute Gasteiger partial charge is 0.330 e. The first kappa shape index (κ1) is 38.7. The molecule has 0 heterocycles. The molecule has 0 amide bonds. The minimum Gasteiger partial charge on any atom is -0.491 e. The third-order valence-electron chi connectivity index (χ3n) is 8.47. The SMILES string of the molecule is C=CC(=O)OCCOc1ccc(C2CCC(OCCOC(=O)C=C)CC2)cc1.OCCOc1ccc(C2CCC(OCCO)CC2)cc1. The lowest BCUT2D eigenvalue weighted by Crippen LogP contribution is -2.23. The van der Waals surface area contributed by atoms with E-state index in [0.717, 1.165) is 75.0 Å². The van der Waals surface area contributed by atoms with Gasteiger partial charge in [-0.25, -0.2) is 9.59 Å². The van der Waals surface area contributed by atoms with Gasteiger partial charge in [0.05, 0.1) is 38.6 Å². The van der Waals surface area contributed by atoms with Crippen LogP contribution in [-0.4, -0.2) is 87.2 Å². The summed E-state index contributed by atoms with van der Waals surface area (Å²) in [6, 6.07) is 16.2. The van der Waals surface area contributed by atoms with Crippen molar-refractivity contribution in [2.24, 2.45) is 0 Å². The monoisotopic (exact) mass is 668 g/mol. The number of esters is 2. The Bertz CT molecular complexity index is 1200. The van der Waals surface area contributed by atoms with Gasteiger partial charge in [0.15, 0.2) is 0 Å². The highest BCUT2D eigenvalue weighted by molar-refractivity contribution is 5.81. The quantitative estimate of drug-likeness (QED) is 0.117. The Balaban J connectivity index is 0.000000275. The van der Waals surface area contributed by atoms with Crippen LogP contribution in [0.2, 0.25) is 0 Å². The molecule has 2 aromatic rings. The number of rotatable bonds is 18. The van der Waals surface area contributed by atoms with Gasteiger partial charge in [-0.1, -0.05) is 37.4 Å². The van der Waals surface area contributed by atoms with Crippen LogP contribution in [0, 0.1) is 0 Å². The van der Waals surface area contributed by atoms with Gasteiger partial charge in [-0.2, -0.15) is 0 Å². The molecule has 264 valence electrons. The van der Waals surface area contributed by atoms with Gasteiger partial charge in [-0.05, 0) is 98.6 Å². The number of carbonyl (C=O) groups is 2. The first-order valence-corrected chi connectivity index (χ1v) is 16.9. The molecule has 2 fully saturated rings. The molecular weight excluding hydrogens is 616 g/mol. The maximum absolute atomic E-state index is 11.0. The zero-order valence-electron chi connectivity index (χ0n) is 28.0. The van der Waals surface area contributed by atoms with E-state index >= 15 is 0 Å². The van der Waals surface area contributed by atoms with Crippen LogP contribution in [0.4, 0.5) is 0 Å². The molecule has 0 unspecified atom stereocenters. The fraction of sp³-hybridized carbons (Fsp3) is 0.526. The summed E-state index contributed by atoms with van der Waals surface area (Å²) in [5.74, 6) is 1.80. The lowest BCUT2D eigenvalue weighted by molar-refractivity contribution is -0.140. The number of hydrogen-bond donors (Lipinski definition) is 2. The van der Waals surface area contributed by atoms with Crippen LogP contribution in [0.1, 0.15) is 74.3 Å². The van der Waals surface area contributed by atoms with Crippen molar-refractivity contribution >= 4 is 11.9 Å². The van der Waals surface area contributed by atoms with Gasteiger partial charge in [0.2, 0.25) is 0 Å². The van der Waals surface area contributed by atoms with Crippen LogP contribution in [0.25, 0.3) is 0 Å². The van der Waals surface area contributed by atoms with E-state index < -0.39 is 11.9 Å². The van der Waals surface area contributed by atoms with Crippen molar-refractivity contribution in [3.8, 4) is 11.5 Å². The molecule has 2 aliphatic carbocycles. The minimum atomic E-state index is -0.448. The van der Waals surface area contributed by atoms with Crippen molar-refractivity contribution in [2.75, 3.05) is 52.9 Å². The van der Waals surface area contributed by atoms with E-state index in [4.69, 9.17) is 38.6 Å². The maximum atomic E-state index is 11.0. The fourth-order valence-corrected chi connectivity index (χ4v) is 5.96. The number of ether oxygens (including phenoxy) is 6. The third kappa shape index (κ3) is 14.6. The average molecular weight is 669 g/mol. The van der Waals surface area contributed by atoms with E-state index in [1.165, 1.54) is 11.1 Å². The Morgan fingerprint density at radius 2 is 0.958 bits per heavy atom. The Hall–Kier alpha value is -3.70. The van der Waals surface area contributed by atoms with Crippen LogP contribution in [-0.2, 0) is 28.5 Å². The molecule has 0 aromatic heterocycles. The third-order valence-corrected chi connectivity index (χ3v) is 8.47. The first-order chi connectivity index (χ1) is 23.4. The molecule has 0 radical (unpaired) electrons. The van der Waals surface area contributed by atoms with Crippen LogP contribution >= 0.6 is 0 Å². The van der Waals surface area contributed by atoms with Gasteiger partial charge in [-0.15, -0.1) is 0 Å². The molecule has 10 nitrogen and oxygen atoms in total. The second-order valence-electron chi connectivity index (χ2n) is 11.7. The zero-order valence-corrected chi connectivity index (χ0v) is 28.0. The van der Waals surface area contributed by atoms with Crippen LogP contribution in [0.3, 0.4) is 0 Å². The molecule has 2 N–H and O–H groups in total. The molecule has 2 aromatic carbocycles. The molecule has 0 spiro atoms. The minimum absolute atomic E-state index is 0.0413. The molecule has 0 atom stereocenters. The van der Waals surface area contributed by atoms with E-state index in [0.29, 0.717) is 44.4 Å². The van der Waals surface area contributed by atoms with Gasteiger partial charge in [0.25, 0.3) is 0 Å². The predicted octanol–water partition coefficient (Wildman–Crippen LogP) is 5.66. The second-order valence-corrected chi connectivity index (χ2v) is 11.7. The van der Waals surface area contributed by atoms with Gasteiger partial charge in [0, 0.05) is 12.2 Å². The molecule has 48 heavy (non-hydrogen) atoms. The normalized spacial score (nSPS) is 20.4. The predicted molar refractivity (Wildman–Crippen MR) is 182 cm³/mol. The van der Waals surface area contributed by atoms with E-state index in [2.05, 4.69) is 37.4 Å². The van der Waals surface area contributed by atoms with E-state index in [1.807, 2.05) is 24.3 Å². The number of carbonyl (C=O) groups excluding carboxylic acids is 2. The van der Waals surface area contributed by atoms with Crippen molar-refractivity contribution in [1.29, 1.82) is 0 Å². The molecule has 0 saturated heterocycles. The Labute approximate surface area is 284 Å². The van der Waals surface area contributed by atoms with E-state index in [-0.39, 0.29) is 32.5 Å². The van der Waals surface area contributed by atoms with Gasteiger partial charge >= 0.3 is 11.9 Å². The average Bonchev–Trinajstić information content (AvgIpc) is 3.14. The van der Waals surface area contributed by atoms with Crippen LogP contribution < -0.4 is 9.47 Å². The number of aliphatic hydroxyl groups is 2. The molecule has 0 aliphatic heterocycles. The van der Waals surface area contributed by atoms with Crippen molar-refractivity contribution in [3.63, 3.8) is 0 Å². The summed E-state index contributed by atoms with van der Waals surface area (Å²) in [6.07, 6.45) is 11.3. The maximum Gasteiger partial charge on any atom is 0.330 e. The van der Waals surface area contributed by atoms with Crippen molar-refractivity contribution in [3.05, 3.63) is 85.0 Å². The zero-order chi connectivity index (χ0) is 34.4. The van der Waals surface area contributed by atoms with Gasteiger partial charge in [-0.3, -0.25) is 0 Å². The standard InChI is InChI=1S/C22H28O6.C16H24O4/c1-3-21(23)27-15-13-25-19-9-5-17(6-10-19)18-7-11-20(12-8-18)26-14-16-28-22(24)4-2;17-9-11-19-15-5-1-13(2-6-15)14-3-7-16(8-4-14)20-12-10-18/h3-6,9-10,18,20H,1-2,7-8,11-16H2;1-2,5-6,14,16-18H,3-4,7-12H2. The molecule has 2 aliphatic rings. The highest BCUT2D eigenvalue weighted by Gasteiger charge is 2.24. The summed E-state index contributed by atoms with van der Waals surface area (Å²) in [6.45, 7) is 8.82. The van der Waals surface area contributed by atoms with Crippen LogP contribution in [0.15, 0.2) is 73.8 Å². The molecule has 2 saturated carbocycles. The van der Waals surface area contributed by atoms with E-state index in [1.54, 1.807) is 0 Å². The molecule has 4 rings (SSSR count). The Morgan fingerprint density at radius 1 is 0.562 bits per heavy atom.